The topological polar surface area (TPSA) is 67.0 Å². The molecule has 2 aliphatic rings. The highest BCUT2D eigenvalue weighted by molar-refractivity contribution is 8.28. The summed E-state index contributed by atoms with van der Waals surface area (Å²) in [6.45, 7) is 8.47. The van der Waals surface area contributed by atoms with Crippen LogP contribution in [-0.2, 0) is 41.7 Å². The van der Waals surface area contributed by atoms with Crippen LogP contribution < -0.4 is 5.32 Å². The molecular weight excluding hydrogens is 445 g/mol. The van der Waals surface area contributed by atoms with Crippen LogP contribution in [0.4, 0.5) is 15.9 Å². The van der Waals surface area contributed by atoms with E-state index < -0.39 is 0 Å². The van der Waals surface area contributed by atoms with E-state index >= 15 is 0 Å². The SMILES string of the molecule is CC(C)C.CCCC(=O)OC1CCC(c2cc(Nc3ccc4c(c3F)CS(=S)C4)n[nH]2)C1. The van der Waals surface area contributed by atoms with Gasteiger partial charge in [0, 0.05) is 41.2 Å². The molecule has 3 atom stereocenters. The molecule has 1 aliphatic carbocycles. The summed E-state index contributed by atoms with van der Waals surface area (Å²) in [5.41, 5.74) is 3.19. The van der Waals surface area contributed by atoms with Crippen molar-refractivity contribution in [2.24, 2.45) is 5.92 Å². The third kappa shape index (κ3) is 6.61. The summed E-state index contributed by atoms with van der Waals surface area (Å²) >= 11 is 5.35. The van der Waals surface area contributed by atoms with E-state index in [0.717, 1.165) is 54.2 Å². The Morgan fingerprint density at radius 1 is 1.34 bits per heavy atom. The zero-order valence-corrected chi connectivity index (χ0v) is 21.0. The van der Waals surface area contributed by atoms with Crippen LogP contribution in [0.1, 0.15) is 82.5 Å². The molecule has 0 bridgehead atoms. The van der Waals surface area contributed by atoms with E-state index in [1.54, 1.807) is 6.07 Å². The summed E-state index contributed by atoms with van der Waals surface area (Å²) in [5.74, 6) is 2.79. The summed E-state index contributed by atoms with van der Waals surface area (Å²) in [5, 5.41) is 10.4. The maximum absolute atomic E-state index is 14.8. The molecule has 1 aliphatic heterocycles. The molecular formula is C24H34FN3O2S2. The fourth-order valence-corrected chi connectivity index (χ4v) is 6.05. The van der Waals surface area contributed by atoms with Crippen molar-refractivity contribution >= 4 is 38.1 Å². The number of rotatable bonds is 6. The Morgan fingerprint density at radius 2 is 2.09 bits per heavy atom. The van der Waals surface area contributed by atoms with Gasteiger partial charge in [0.15, 0.2) is 11.6 Å². The lowest BCUT2D eigenvalue weighted by molar-refractivity contribution is -0.148. The third-order valence-corrected chi connectivity index (χ3v) is 7.35. The molecule has 176 valence electrons. The predicted octanol–water partition coefficient (Wildman–Crippen LogP) is 6.03. The van der Waals surface area contributed by atoms with Crippen LogP contribution in [0, 0.1) is 11.7 Å². The van der Waals surface area contributed by atoms with Crippen molar-refractivity contribution in [3.05, 3.63) is 40.8 Å². The Hall–Kier alpha value is -1.80. The Kier molecular flexibility index (Phi) is 8.82. The molecule has 2 N–H and O–H groups in total. The van der Waals surface area contributed by atoms with Crippen LogP contribution in [-0.4, -0.2) is 22.3 Å². The van der Waals surface area contributed by atoms with Crippen LogP contribution in [0.25, 0.3) is 0 Å². The first-order valence-electron chi connectivity index (χ1n) is 11.4. The van der Waals surface area contributed by atoms with Crippen molar-refractivity contribution in [3.63, 3.8) is 0 Å². The van der Waals surface area contributed by atoms with Gasteiger partial charge in [-0.3, -0.25) is 9.89 Å². The number of H-pyrrole nitrogens is 1. The molecule has 8 heteroatoms. The average molecular weight is 480 g/mol. The highest BCUT2D eigenvalue weighted by atomic mass is 32.8. The van der Waals surface area contributed by atoms with E-state index in [1.165, 1.54) is 0 Å². The number of hydrogen-bond donors (Lipinski definition) is 2. The highest BCUT2D eigenvalue weighted by Crippen LogP contribution is 2.37. The predicted molar refractivity (Wildman–Crippen MR) is 132 cm³/mol. The van der Waals surface area contributed by atoms with Gasteiger partial charge < -0.3 is 10.1 Å². The zero-order chi connectivity index (χ0) is 23.3. The second-order valence-electron chi connectivity index (χ2n) is 9.23. The first kappa shape index (κ1) is 24.8. The van der Waals surface area contributed by atoms with Gasteiger partial charge in [-0.2, -0.15) is 5.10 Å². The second-order valence-corrected chi connectivity index (χ2v) is 12.1. The fourth-order valence-electron chi connectivity index (χ4n) is 3.96. The summed E-state index contributed by atoms with van der Waals surface area (Å²) in [6, 6.07) is 5.64. The Morgan fingerprint density at radius 3 is 2.81 bits per heavy atom. The number of halogens is 1. The number of aromatic amines is 1. The van der Waals surface area contributed by atoms with Gasteiger partial charge in [-0.1, -0.05) is 44.9 Å². The standard InChI is InChI=1S/C20H24FN3O2S2.C4H10/c1-2-3-19(25)26-14-6-4-12(8-14)17-9-18(24-23-17)22-16-7-5-13-10-28(27)11-15(13)20(16)21;1-4(2)3/h5,7,9,12,14H,2-4,6,8,10-11H2,1H3,(H2,22,23,24);4H,1-3H3. The molecule has 1 fully saturated rings. The number of esters is 1. The van der Waals surface area contributed by atoms with E-state index in [1.807, 2.05) is 19.1 Å². The quantitative estimate of drug-likeness (QED) is 0.495. The molecule has 0 spiro atoms. The molecule has 0 amide bonds. The van der Waals surface area contributed by atoms with E-state index in [9.17, 15) is 9.18 Å². The minimum Gasteiger partial charge on any atom is -0.462 e. The average Bonchev–Trinajstić information content (AvgIpc) is 3.43. The summed E-state index contributed by atoms with van der Waals surface area (Å²) in [7, 11) is -0.184. The molecule has 2 aromatic rings. The van der Waals surface area contributed by atoms with Gasteiger partial charge in [-0.05, 0) is 43.2 Å². The zero-order valence-electron chi connectivity index (χ0n) is 19.4. The highest BCUT2D eigenvalue weighted by Gasteiger charge is 2.30. The van der Waals surface area contributed by atoms with Crippen LogP contribution in [0.5, 0.6) is 0 Å². The van der Waals surface area contributed by atoms with Crippen molar-refractivity contribution in [1.29, 1.82) is 0 Å². The minimum absolute atomic E-state index is 0.0231. The lowest BCUT2D eigenvalue weighted by Gasteiger charge is -2.11. The number of carbonyl (C=O) groups excluding carboxylic acids is 1. The second kappa shape index (κ2) is 11.4. The molecule has 3 unspecified atom stereocenters. The van der Waals surface area contributed by atoms with Gasteiger partial charge in [-0.15, -0.1) is 9.45 Å². The van der Waals surface area contributed by atoms with E-state index in [-0.39, 0.29) is 33.3 Å². The van der Waals surface area contributed by atoms with Gasteiger partial charge in [-0.25, -0.2) is 4.39 Å². The number of benzene rings is 1. The molecule has 1 aromatic carbocycles. The monoisotopic (exact) mass is 479 g/mol. The van der Waals surface area contributed by atoms with Gasteiger partial charge in [0.2, 0.25) is 0 Å². The Balaban J connectivity index is 0.000000668. The number of anilines is 2. The molecule has 0 saturated heterocycles. The normalized spacial score (nSPS) is 21.8. The Bertz CT molecular complexity index is 958. The van der Waals surface area contributed by atoms with Crippen molar-refractivity contribution in [1.82, 2.24) is 10.2 Å². The largest absolute Gasteiger partial charge is 0.462 e. The van der Waals surface area contributed by atoms with Crippen LogP contribution in [0.3, 0.4) is 0 Å². The number of nitrogens with zero attached hydrogens (tertiary/aromatic N) is 1. The minimum atomic E-state index is -0.217. The number of fused-ring (bicyclic) bond motifs is 1. The van der Waals surface area contributed by atoms with Gasteiger partial charge in [0.25, 0.3) is 0 Å². The number of carbonyl (C=O) groups is 1. The molecule has 4 rings (SSSR count). The molecule has 0 radical (unpaired) electrons. The maximum Gasteiger partial charge on any atom is 0.306 e. The van der Waals surface area contributed by atoms with Gasteiger partial charge in [0.05, 0.1) is 5.69 Å². The smallest absolute Gasteiger partial charge is 0.306 e. The molecule has 2 heterocycles. The van der Waals surface area contributed by atoms with E-state index in [2.05, 4.69) is 36.3 Å². The first-order chi connectivity index (χ1) is 15.3. The van der Waals surface area contributed by atoms with Crippen LogP contribution in [0.15, 0.2) is 18.2 Å². The number of nitrogens with one attached hydrogen (secondary N) is 2. The number of hydrogen-bond acceptors (Lipinski definition) is 5. The third-order valence-electron chi connectivity index (χ3n) is 5.40. The lowest BCUT2D eigenvalue weighted by atomic mass is 10.0. The maximum atomic E-state index is 14.8. The molecule has 32 heavy (non-hydrogen) atoms. The number of ether oxygens (including phenoxy) is 1. The number of aromatic nitrogens is 2. The summed E-state index contributed by atoms with van der Waals surface area (Å²) in [6.07, 6.45) is 3.86. The van der Waals surface area contributed by atoms with Crippen molar-refractivity contribution < 1.29 is 13.9 Å². The van der Waals surface area contributed by atoms with Crippen LogP contribution in [0.2, 0.25) is 0 Å². The van der Waals surface area contributed by atoms with Crippen LogP contribution >= 0.6 is 0 Å². The van der Waals surface area contributed by atoms with Gasteiger partial charge in [0.1, 0.15) is 6.10 Å². The molecule has 5 nitrogen and oxygen atoms in total. The van der Waals surface area contributed by atoms with E-state index in [4.69, 9.17) is 15.9 Å². The Labute approximate surface area is 197 Å². The first-order valence-corrected chi connectivity index (χ1v) is 13.9. The van der Waals surface area contributed by atoms with Crippen molar-refractivity contribution in [3.8, 4) is 0 Å². The van der Waals surface area contributed by atoms with Gasteiger partial charge >= 0.3 is 5.97 Å². The lowest BCUT2D eigenvalue weighted by Crippen LogP contribution is -2.14. The summed E-state index contributed by atoms with van der Waals surface area (Å²) in [4.78, 5) is 11.7. The van der Waals surface area contributed by atoms with Crippen molar-refractivity contribution in [2.45, 2.75) is 83.3 Å². The molecule has 1 aromatic heterocycles. The van der Waals surface area contributed by atoms with E-state index in [0.29, 0.717) is 23.7 Å². The molecule has 1 saturated carbocycles. The fraction of sp³-hybridized carbons (Fsp3) is 0.583. The summed E-state index contributed by atoms with van der Waals surface area (Å²) < 4.78 is 20.3. The van der Waals surface area contributed by atoms with Crippen molar-refractivity contribution in [2.75, 3.05) is 5.32 Å².